The highest BCUT2D eigenvalue weighted by Gasteiger charge is 2.16. The van der Waals surface area contributed by atoms with Crippen LogP contribution in [0.25, 0.3) is 0 Å². The number of aromatic nitrogens is 1. The van der Waals surface area contributed by atoms with Crippen molar-refractivity contribution in [3.05, 3.63) is 29.6 Å². The lowest BCUT2D eigenvalue weighted by Crippen LogP contribution is -2.33. The highest BCUT2D eigenvalue weighted by molar-refractivity contribution is 5.11. The lowest BCUT2D eigenvalue weighted by atomic mass is 10.1. The van der Waals surface area contributed by atoms with Gasteiger partial charge in [-0.1, -0.05) is 19.9 Å². The SMILES string of the molecule is CC(C)NCc1cccc(CN(C)CC2CCCCO2)n1. The number of hydrogen-bond donors (Lipinski definition) is 1. The third-order valence-electron chi connectivity index (χ3n) is 3.78. The number of nitrogens with one attached hydrogen (secondary N) is 1. The summed E-state index contributed by atoms with van der Waals surface area (Å²) in [6, 6.07) is 6.78. The second-order valence-electron chi connectivity index (χ2n) is 6.34. The minimum Gasteiger partial charge on any atom is -0.377 e. The summed E-state index contributed by atoms with van der Waals surface area (Å²) >= 11 is 0. The van der Waals surface area contributed by atoms with Crippen LogP contribution in [0.1, 0.15) is 44.5 Å². The van der Waals surface area contributed by atoms with Crippen LogP contribution in [-0.4, -0.2) is 42.2 Å². The van der Waals surface area contributed by atoms with Crippen molar-refractivity contribution in [2.24, 2.45) is 0 Å². The van der Waals surface area contributed by atoms with Gasteiger partial charge in [-0.3, -0.25) is 9.88 Å². The number of rotatable bonds is 7. The first-order valence-corrected chi connectivity index (χ1v) is 8.12. The summed E-state index contributed by atoms with van der Waals surface area (Å²) in [5.74, 6) is 0. The molecule has 0 radical (unpaired) electrons. The van der Waals surface area contributed by atoms with Gasteiger partial charge in [-0.05, 0) is 38.4 Å². The van der Waals surface area contributed by atoms with Crippen molar-refractivity contribution in [1.29, 1.82) is 0 Å². The number of hydrogen-bond acceptors (Lipinski definition) is 4. The van der Waals surface area contributed by atoms with E-state index in [9.17, 15) is 0 Å². The molecule has 0 saturated carbocycles. The average Bonchev–Trinajstić information content (AvgIpc) is 2.46. The molecule has 0 aliphatic carbocycles. The Bertz CT molecular complexity index is 416. The van der Waals surface area contributed by atoms with Crippen molar-refractivity contribution in [2.75, 3.05) is 20.2 Å². The van der Waals surface area contributed by atoms with Crippen molar-refractivity contribution >= 4 is 0 Å². The summed E-state index contributed by atoms with van der Waals surface area (Å²) in [7, 11) is 2.15. The molecule has 0 amide bonds. The quantitative estimate of drug-likeness (QED) is 0.838. The summed E-state index contributed by atoms with van der Waals surface area (Å²) in [6.45, 7) is 7.95. The van der Waals surface area contributed by atoms with Crippen LogP contribution in [0, 0.1) is 0 Å². The first-order chi connectivity index (χ1) is 10.1. The molecule has 0 aromatic carbocycles. The fourth-order valence-electron chi connectivity index (χ4n) is 2.66. The fourth-order valence-corrected chi connectivity index (χ4v) is 2.66. The Morgan fingerprint density at radius 3 is 2.86 bits per heavy atom. The van der Waals surface area contributed by atoms with Crippen molar-refractivity contribution in [1.82, 2.24) is 15.2 Å². The first kappa shape index (κ1) is 16.4. The van der Waals surface area contributed by atoms with Gasteiger partial charge < -0.3 is 10.1 Å². The second kappa shape index (κ2) is 8.47. The van der Waals surface area contributed by atoms with Crippen LogP contribution in [0.5, 0.6) is 0 Å². The van der Waals surface area contributed by atoms with Gasteiger partial charge in [0.25, 0.3) is 0 Å². The molecule has 2 rings (SSSR count). The third kappa shape index (κ3) is 6.12. The Morgan fingerprint density at radius 2 is 2.14 bits per heavy atom. The van der Waals surface area contributed by atoms with Crippen LogP contribution >= 0.6 is 0 Å². The number of likely N-dealkylation sites (N-methyl/N-ethyl adjacent to an activating group) is 1. The molecule has 1 aromatic rings. The molecule has 2 heterocycles. The fraction of sp³-hybridized carbons (Fsp3) is 0.706. The predicted molar refractivity (Wildman–Crippen MR) is 86.1 cm³/mol. The number of pyridine rings is 1. The minimum atomic E-state index is 0.398. The van der Waals surface area contributed by atoms with Gasteiger partial charge in [0, 0.05) is 32.3 Å². The van der Waals surface area contributed by atoms with E-state index in [0.29, 0.717) is 12.1 Å². The monoisotopic (exact) mass is 291 g/mol. The van der Waals surface area contributed by atoms with Crippen LogP contribution in [0.3, 0.4) is 0 Å². The van der Waals surface area contributed by atoms with E-state index in [-0.39, 0.29) is 0 Å². The number of ether oxygens (including phenoxy) is 1. The largest absolute Gasteiger partial charge is 0.377 e. The summed E-state index contributed by atoms with van der Waals surface area (Å²) in [5.41, 5.74) is 2.25. The van der Waals surface area contributed by atoms with Crippen molar-refractivity contribution in [2.45, 2.75) is 58.3 Å². The molecular weight excluding hydrogens is 262 g/mol. The van der Waals surface area contributed by atoms with Gasteiger partial charge in [-0.2, -0.15) is 0 Å². The van der Waals surface area contributed by atoms with Crippen LogP contribution in [0.4, 0.5) is 0 Å². The molecule has 1 saturated heterocycles. The molecular formula is C17H29N3O. The lowest BCUT2D eigenvalue weighted by Gasteiger charge is -2.27. The number of nitrogens with zero attached hydrogens (tertiary/aromatic N) is 2. The van der Waals surface area contributed by atoms with Gasteiger partial charge >= 0.3 is 0 Å². The standard InChI is InChI=1S/C17H29N3O/c1-14(2)18-11-15-7-6-8-16(19-15)12-20(3)13-17-9-4-5-10-21-17/h6-8,14,17-18H,4-5,9-13H2,1-3H3. The molecule has 1 fully saturated rings. The second-order valence-corrected chi connectivity index (χ2v) is 6.34. The van der Waals surface area contributed by atoms with Gasteiger partial charge in [0.2, 0.25) is 0 Å². The minimum absolute atomic E-state index is 0.398. The Kier molecular flexibility index (Phi) is 6.61. The maximum Gasteiger partial charge on any atom is 0.0702 e. The van der Waals surface area contributed by atoms with Crippen molar-refractivity contribution in [3.8, 4) is 0 Å². The Balaban J connectivity index is 1.82. The van der Waals surface area contributed by atoms with E-state index in [0.717, 1.165) is 37.6 Å². The van der Waals surface area contributed by atoms with E-state index in [4.69, 9.17) is 9.72 Å². The van der Waals surface area contributed by atoms with Gasteiger partial charge in [0.05, 0.1) is 17.5 Å². The molecule has 1 atom stereocenters. The highest BCUT2D eigenvalue weighted by atomic mass is 16.5. The van der Waals surface area contributed by atoms with Gasteiger partial charge in [0.15, 0.2) is 0 Å². The van der Waals surface area contributed by atoms with E-state index < -0.39 is 0 Å². The van der Waals surface area contributed by atoms with E-state index in [1.165, 1.54) is 19.3 Å². The van der Waals surface area contributed by atoms with Crippen molar-refractivity contribution in [3.63, 3.8) is 0 Å². The third-order valence-corrected chi connectivity index (χ3v) is 3.78. The van der Waals surface area contributed by atoms with E-state index in [1.807, 2.05) is 0 Å². The average molecular weight is 291 g/mol. The summed E-state index contributed by atoms with van der Waals surface area (Å²) in [5, 5.41) is 3.41. The molecule has 0 bridgehead atoms. The molecule has 1 N–H and O–H groups in total. The van der Waals surface area contributed by atoms with Crippen LogP contribution in [-0.2, 0) is 17.8 Å². The van der Waals surface area contributed by atoms with Crippen LogP contribution < -0.4 is 5.32 Å². The summed E-state index contributed by atoms with van der Waals surface area (Å²) in [4.78, 5) is 7.05. The van der Waals surface area contributed by atoms with Crippen LogP contribution in [0.15, 0.2) is 18.2 Å². The molecule has 1 aliphatic rings. The molecule has 118 valence electrons. The maximum absolute atomic E-state index is 5.80. The smallest absolute Gasteiger partial charge is 0.0702 e. The zero-order chi connectivity index (χ0) is 15.1. The normalized spacial score (nSPS) is 19.4. The molecule has 1 unspecified atom stereocenters. The molecule has 1 aromatic heterocycles. The van der Waals surface area contributed by atoms with Gasteiger partial charge in [-0.25, -0.2) is 0 Å². The summed E-state index contributed by atoms with van der Waals surface area (Å²) in [6.07, 6.45) is 4.10. The molecule has 21 heavy (non-hydrogen) atoms. The topological polar surface area (TPSA) is 37.4 Å². The summed E-state index contributed by atoms with van der Waals surface area (Å²) < 4.78 is 5.80. The van der Waals surface area contributed by atoms with E-state index in [2.05, 4.69) is 49.3 Å². The molecule has 0 spiro atoms. The maximum atomic E-state index is 5.80. The molecule has 4 nitrogen and oxygen atoms in total. The Hall–Kier alpha value is -0.970. The molecule has 1 aliphatic heterocycles. The lowest BCUT2D eigenvalue weighted by molar-refractivity contribution is -0.00275. The van der Waals surface area contributed by atoms with E-state index >= 15 is 0 Å². The van der Waals surface area contributed by atoms with Crippen molar-refractivity contribution < 1.29 is 4.74 Å². The van der Waals surface area contributed by atoms with Crippen LogP contribution in [0.2, 0.25) is 0 Å². The van der Waals surface area contributed by atoms with Gasteiger partial charge in [-0.15, -0.1) is 0 Å². The van der Waals surface area contributed by atoms with Gasteiger partial charge in [0.1, 0.15) is 0 Å². The zero-order valence-electron chi connectivity index (χ0n) is 13.6. The Morgan fingerprint density at radius 1 is 1.33 bits per heavy atom. The first-order valence-electron chi connectivity index (χ1n) is 8.12. The molecule has 4 heteroatoms. The predicted octanol–water partition coefficient (Wildman–Crippen LogP) is 2.58. The van der Waals surface area contributed by atoms with E-state index in [1.54, 1.807) is 0 Å². The highest BCUT2D eigenvalue weighted by Crippen LogP contribution is 2.14. The Labute approximate surface area is 128 Å². The zero-order valence-corrected chi connectivity index (χ0v) is 13.6.